The molecule has 2 rings (SSSR count). The Kier molecular flexibility index (Phi) is 4.54. The molecule has 1 unspecified atom stereocenters. The number of benzene rings is 1. The quantitative estimate of drug-likeness (QED) is 0.881. The van der Waals surface area contributed by atoms with Gasteiger partial charge in [-0.25, -0.2) is 0 Å². The zero-order chi connectivity index (χ0) is 14.0. The maximum Gasteiger partial charge on any atom is 0.387 e. The van der Waals surface area contributed by atoms with E-state index in [-0.39, 0.29) is 5.75 Å². The molecule has 2 nitrogen and oxygen atoms in total. The summed E-state index contributed by atoms with van der Waals surface area (Å²) in [5, 5.41) is 10.2. The summed E-state index contributed by atoms with van der Waals surface area (Å²) in [5.41, 5.74) is 0.520. The van der Waals surface area contributed by atoms with Crippen molar-refractivity contribution in [3.8, 4) is 5.75 Å². The molecule has 0 aliphatic heterocycles. The Bertz CT molecular complexity index is 552. The highest BCUT2D eigenvalue weighted by Crippen LogP contribution is 2.34. The minimum atomic E-state index is -2.87. The normalized spacial score (nSPS) is 12.7. The molecule has 1 aromatic carbocycles. The molecule has 2 aromatic rings. The highest BCUT2D eigenvalue weighted by Gasteiger charge is 2.15. The number of ether oxygens (including phenoxy) is 1. The van der Waals surface area contributed by atoms with E-state index in [1.807, 2.05) is 13.0 Å². The molecule has 1 aromatic heterocycles. The summed E-state index contributed by atoms with van der Waals surface area (Å²) in [5.74, 6) is 0.0406. The summed E-state index contributed by atoms with van der Waals surface area (Å²) in [6.45, 7) is -0.938. The minimum absolute atomic E-state index is 0.0406. The molecule has 0 aliphatic rings. The Morgan fingerprint density at radius 2 is 2.05 bits per heavy atom. The van der Waals surface area contributed by atoms with Crippen LogP contribution in [0.25, 0.3) is 0 Å². The number of alkyl halides is 2. The van der Waals surface area contributed by atoms with E-state index in [2.05, 4.69) is 20.7 Å². The molecule has 0 aliphatic carbocycles. The van der Waals surface area contributed by atoms with Crippen molar-refractivity contribution in [1.29, 1.82) is 0 Å². The molecule has 0 saturated carbocycles. The van der Waals surface area contributed by atoms with Gasteiger partial charge in [0.25, 0.3) is 0 Å². The van der Waals surface area contributed by atoms with E-state index in [1.54, 1.807) is 12.1 Å². The van der Waals surface area contributed by atoms with Crippen LogP contribution in [0, 0.1) is 6.92 Å². The Labute approximate surface area is 121 Å². The average molecular weight is 349 g/mol. The first kappa shape index (κ1) is 14.4. The van der Waals surface area contributed by atoms with Crippen molar-refractivity contribution in [3.05, 3.63) is 50.1 Å². The molecule has 0 fully saturated rings. The van der Waals surface area contributed by atoms with E-state index in [1.165, 1.54) is 23.5 Å². The largest absolute Gasteiger partial charge is 0.435 e. The van der Waals surface area contributed by atoms with Gasteiger partial charge in [-0.3, -0.25) is 0 Å². The van der Waals surface area contributed by atoms with E-state index < -0.39 is 12.7 Å². The lowest BCUT2D eigenvalue weighted by Gasteiger charge is -2.11. The summed E-state index contributed by atoms with van der Waals surface area (Å²) in [7, 11) is 0. The van der Waals surface area contributed by atoms with Crippen LogP contribution < -0.4 is 4.74 Å². The monoisotopic (exact) mass is 348 g/mol. The van der Waals surface area contributed by atoms with Crippen LogP contribution in [0.5, 0.6) is 5.75 Å². The summed E-state index contributed by atoms with van der Waals surface area (Å²) in [4.78, 5) is 1.80. The SMILES string of the molecule is Cc1sc(C(O)c2cccc(OC(F)F)c2)cc1Br. The molecule has 19 heavy (non-hydrogen) atoms. The third-order valence-corrected chi connectivity index (χ3v) is 4.73. The smallest absolute Gasteiger partial charge is 0.387 e. The average Bonchev–Trinajstić information content (AvgIpc) is 2.68. The second kappa shape index (κ2) is 5.98. The topological polar surface area (TPSA) is 29.5 Å². The van der Waals surface area contributed by atoms with Gasteiger partial charge in [0.1, 0.15) is 11.9 Å². The summed E-state index contributed by atoms with van der Waals surface area (Å²) in [6.07, 6.45) is -0.851. The van der Waals surface area contributed by atoms with Crippen molar-refractivity contribution < 1.29 is 18.6 Å². The third-order valence-electron chi connectivity index (χ3n) is 2.54. The van der Waals surface area contributed by atoms with Gasteiger partial charge in [-0.1, -0.05) is 12.1 Å². The van der Waals surface area contributed by atoms with Gasteiger partial charge in [-0.15, -0.1) is 11.3 Å². The van der Waals surface area contributed by atoms with Crippen LogP contribution in [0.2, 0.25) is 0 Å². The Hall–Kier alpha value is -0.980. The molecular weight excluding hydrogens is 338 g/mol. The van der Waals surface area contributed by atoms with Crippen molar-refractivity contribution in [2.24, 2.45) is 0 Å². The number of hydrogen-bond donors (Lipinski definition) is 1. The fourth-order valence-electron chi connectivity index (χ4n) is 1.64. The summed E-state index contributed by atoms with van der Waals surface area (Å²) in [6, 6.07) is 7.92. The third kappa shape index (κ3) is 3.52. The lowest BCUT2D eigenvalue weighted by molar-refractivity contribution is -0.0499. The first-order valence-electron chi connectivity index (χ1n) is 5.46. The number of aliphatic hydroxyl groups excluding tert-OH is 1. The van der Waals surface area contributed by atoms with Crippen LogP contribution in [0.15, 0.2) is 34.8 Å². The lowest BCUT2D eigenvalue weighted by Crippen LogP contribution is -2.03. The van der Waals surface area contributed by atoms with Gasteiger partial charge < -0.3 is 9.84 Å². The molecule has 1 heterocycles. The molecule has 1 N–H and O–H groups in total. The van der Waals surface area contributed by atoms with E-state index in [9.17, 15) is 13.9 Å². The van der Waals surface area contributed by atoms with Crippen LogP contribution in [-0.2, 0) is 0 Å². The number of halogens is 3. The zero-order valence-corrected chi connectivity index (χ0v) is 12.3. The van der Waals surface area contributed by atoms with E-state index >= 15 is 0 Å². The van der Waals surface area contributed by atoms with Gasteiger partial charge in [0.2, 0.25) is 0 Å². The molecular formula is C13H11BrF2O2S. The summed E-state index contributed by atoms with van der Waals surface area (Å²) >= 11 is 4.83. The van der Waals surface area contributed by atoms with E-state index in [0.717, 1.165) is 14.2 Å². The Balaban J connectivity index is 2.25. The number of thiophene rings is 1. The van der Waals surface area contributed by atoms with Crippen molar-refractivity contribution in [1.82, 2.24) is 0 Å². The van der Waals surface area contributed by atoms with Crippen LogP contribution in [0.1, 0.15) is 21.4 Å². The molecule has 1 atom stereocenters. The van der Waals surface area contributed by atoms with Crippen molar-refractivity contribution in [2.45, 2.75) is 19.6 Å². The first-order valence-corrected chi connectivity index (χ1v) is 7.07. The second-order valence-corrected chi connectivity index (χ2v) is 6.05. The highest BCUT2D eigenvalue weighted by molar-refractivity contribution is 9.10. The Morgan fingerprint density at radius 3 is 2.63 bits per heavy atom. The predicted molar refractivity (Wildman–Crippen MR) is 73.9 cm³/mol. The fourth-order valence-corrected chi connectivity index (χ4v) is 3.22. The van der Waals surface area contributed by atoms with Crippen molar-refractivity contribution in [3.63, 3.8) is 0 Å². The van der Waals surface area contributed by atoms with E-state index in [4.69, 9.17) is 0 Å². The van der Waals surface area contributed by atoms with Crippen LogP contribution in [-0.4, -0.2) is 11.7 Å². The molecule has 0 radical (unpaired) electrons. The molecule has 0 amide bonds. The minimum Gasteiger partial charge on any atom is -0.435 e. The van der Waals surface area contributed by atoms with Gasteiger partial charge in [0, 0.05) is 14.2 Å². The maximum atomic E-state index is 12.1. The van der Waals surface area contributed by atoms with Crippen LogP contribution in [0.4, 0.5) is 8.78 Å². The van der Waals surface area contributed by atoms with Gasteiger partial charge in [-0.05, 0) is 46.6 Å². The van der Waals surface area contributed by atoms with Gasteiger partial charge in [-0.2, -0.15) is 8.78 Å². The van der Waals surface area contributed by atoms with Gasteiger partial charge >= 0.3 is 6.61 Å². The number of rotatable bonds is 4. The van der Waals surface area contributed by atoms with Crippen LogP contribution in [0.3, 0.4) is 0 Å². The molecule has 6 heteroatoms. The lowest BCUT2D eigenvalue weighted by atomic mass is 10.1. The number of hydrogen-bond acceptors (Lipinski definition) is 3. The number of aryl methyl sites for hydroxylation is 1. The summed E-state index contributed by atoms with van der Waals surface area (Å²) < 4.78 is 29.5. The highest BCUT2D eigenvalue weighted by atomic mass is 79.9. The molecule has 0 spiro atoms. The van der Waals surface area contributed by atoms with E-state index in [0.29, 0.717) is 5.56 Å². The van der Waals surface area contributed by atoms with Crippen molar-refractivity contribution >= 4 is 27.3 Å². The second-order valence-electron chi connectivity index (χ2n) is 3.91. The fraction of sp³-hybridized carbons (Fsp3) is 0.231. The maximum absolute atomic E-state index is 12.1. The molecule has 0 saturated heterocycles. The standard InChI is InChI=1S/C13H11BrF2O2S/c1-7-10(14)6-11(19-7)12(17)8-3-2-4-9(5-8)18-13(15)16/h2-6,12-13,17H,1H3. The molecule has 0 bridgehead atoms. The molecule has 102 valence electrons. The first-order chi connectivity index (χ1) is 8.97. The van der Waals surface area contributed by atoms with Crippen molar-refractivity contribution in [2.75, 3.05) is 0 Å². The zero-order valence-electron chi connectivity index (χ0n) is 9.94. The van der Waals surface area contributed by atoms with Gasteiger partial charge in [0.05, 0.1) is 0 Å². The predicted octanol–water partition coefficient (Wildman–Crippen LogP) is 4.50. The number of aliphatic hydroxyl groups is 1. The van der Waals surface area contributed by atoms with Crippen LogP contribution >= 0.6 is 27.3 Å². The van der Waals surface area contributed by atoms with Gasteiger partial charge in [0.15, 0.2) is 0 Å². The Morgan fingerprint density at radius 1 is 1.32 bits per heavy atom.